The molecule has 0 saturated heterocycles. The molecule has 0 atom stereocenters. The van der Waals surface area contributed by atoms with Crippen LogP contribution < -0.4 is 0 Å². The average Bonchev–Trinajstić information content (AvgIpc) is 2.55. The molecule has 0 saturated carbocycles. The number of aromatic amines is 1. The van der Waals surface area contributed by atoms with E-state index in [-0.39, 0.29) is 5.97 Å². The normalized spacial score (nSPS) is 11.2. The van der Waals surface area contributed by atoms with Crippen LogP contribution in [0.1, 0.15) is 19.4 Å². The van der Waals surface area contributed by atoms with Gasteiger partial charge in [-0.1, -0.05) is 0 Å². The second-order valence-corrected chi connectivity index (χ2v) is 3.22. The Morgan fingerprint density at radius 2 is 2.25 bits per heavy atom. The van der Waals surface area contributed by atoms with Gasteiger partial charge in [0.25, 0.3) is 0 Å². The van der Waals surface area contributed by atoms with Crippen LogP contribution in [0.25, 0.3) is 0 Å². The summed E-state index contributed by atoms with van der Waals surface area (Å²) in [6.07, 6.45) is 3.59. The fourth-order valence-corrected chi connectivity index (χ4v) is 1.09. The van der Waals surface area contributed by atoms with E-state index in [4.69, 9.17) is 0 Å². The van der Waals surface area contributed by atoms with Crippen molar-refractivity contribution >= 4 is 5.97 Å². The number of esters is 1. The van der Waals surface area contributed by atoms with Gasteiger partial charge < -0.3 is 9.72 Å². The van der Waals surface area contributed by atoms with E-state index in [1.54, 1.807) is 12.4 Å². The zero-order chi connectivity index (χ0) is 9.19. The summed E-state index contributed by atoms with van der Waals surface area (Å²) in [5, 5.41) is 0. The first-order chi connectivity index (χ1) is 5.59. The van der Waals surface area contributed by atoms with Crippen molar-refractivity contribution in [2.75, 3.05) is 7.11 Å². The fraction of sp³-hybridized carbons (Fsp3) is 0.444. The molecular weight excluding hydrogens is 154 g/mol. The van der Waals surface area contributed by atoms with E-state index in [2.05, 4.69) is 9.72 Å². The molecule has 1 heterocycles. The van der Waals surface area contributed by atoms with E-state index in [1.165, 1.54) is 7.11 Å². The Hall–Kier alpha value is -1.25. The molecule has 0 bridgehead atoms. The van der Waals surface area contributed by atoms with Gasteiger partial charge in [-0.3, -0.25) is 4.79 Å². The topological polar surface area (TPSA) is 42.1 Å². The van der Waals surface area contributed by atoms with Crippen LogP contribution >= 0.6 is 0 Å². The summed E-state index contributed by atoms with van der Waals surface area (Å²) in [5.74, 6) is -0.220. The minimum Gasteiger partial charge on any atom is -0.468 e. The van der Waals surface area contributed by atoms with Gasteiger partial charge in [0, 0.05) is 12.4 Å². The van der Waals surface area contributed by atoms with Crippen LogP contribution in [-0.4, -0.2) is 18.1 Å². The van der Waals surface area contributed by atoms with Crippen LogP contribution in [0.5, 0.6) is 0 Å². The summed E-state index contributed by atoms with van der Waals surface area (Å²) >= 11 is 0. The smallest absolute Gasteiger partial charge is 0.315 e. The molecule has 0 aliphatic rings. The predicted octanol–water partition coefficient (Wildman–Crippen LogP) is 1.47. The lowest BCUT2D eigenvalue weighted by molar-refractivity contribution is -0.146. The fourth-order valence-electron chi connectivity index (χ4n) is 1.09. The summed E-state index contributed by atoms with van der Waals surface area (Å²) in [7, 11) is 1.40. The molecule has 12 heavy (non-hydrogen) atoms. The van der Waals surface area contributed by atoms with Crippen LogP contribution in [0.4, 0.5) is 0 Å². The van der Waals surface area contributed by atoms with E-state index in [0.717, 1.165) is 5.56 Å². The molecule has 66 valence electrons. The first-order valence-corrected chi connectivity index (χ1v) is 3.80. The molecule has 0 aliphatic heterocycles. The van der Waals surface area contributed by atoms with Crippen LogP contribution in [0, 0.1) is 0 Å². The second-order valence-electron chi connectivity index (χ2n) is 3.22. The summed E-state index contributed by atoms with van der Waals surface area (Å²) in [6, 6.07) is 1.87. The Kier molecular flexibility index (Phi) is 2.22. The molecule has 0 unspecified atom stereocenters. The number of H-pyrrole nitrogens is 1. The molecule has 3 heteroatoms. The summed E-state index contributed by atoms with van der Waals surface area (Å²) in [5.41, 5.74) is 0.378. The summed E-state index contributed by atoms with van der Waals surface area (Å²) in [4.78, 5) is 14.2. The molecule has 1 aromatic rings. The quantitative estimate of drug-likeness (QED) is 0.677. The number of nitrogens with one attached hydrogen (secondary N) is 1. The van der Waals surface area contributed by atoms with Crippen molar-refractivity contribution < 1.29 is 9.53 Å². The number of hydrogen-bond donors (Lipinski definition) is 1. The molecule has 1 aromatic heterocycles. The third-order valence-electron chi connectivity index (χ3n) is 2.02. The molecule has 1 N–H and O–H groups in total. The third-order valence-corrected chi connectivity index (χ3v) is 2.02. The SMILES string of the molecule is COC(=O)C(C)(C)c1cc[nH]c1. The maximum Gasteiger partial charge on any atom is 0.315 e. The van der Waals surface area contributed by atoms with E-state index >= 15 is 0 Å². The second kappa shape index (κ2) is 3.01. The highest BCUT2D eigenvalue weighted by Gasteiger charge is 2.30. The highest BCUT2D eigenvalue weighted by Crippen LogP contribution is 2.23. The first-order valence-electron chi connectivity index (χ1n) is 3.80. The van der Waals surface area contributed by atoms with Gasteiger partial charge in [-0.05, 0) is 25.5 Å². The van der Waals surface area contributed by atoms with Crippen molar-refractivity contribution in [2.45, 2.75) is 19.3 Å². The zero-order valence-corrected chi connectivity index (χ0v) is 7.55. The van der Waals surface area contributed by atoms with Crippen molar-refractivity contribution in [3.8, 4) is 0 Å². The van der Waals surface area contributed by atoms with Crippen molar-refractivity contribution in [2.24, 2.45) is 0 Å². The monoisotopic (exact) mass is 167 g/mol. The molecule has 0 spiro atoms. The molecule has 0 fully saturated rings. The predicted molar refractivity (Wildman–Crippen MR) is 45.8 cm³/mol. The lowest BCUT2D eigenvalue weighted by Gasteiger charge is -2.19. The summed E-state index contributed by atoms with van der Waals surface area (Å²) < 4.78 is 4.69. The van der Waals surface area contributed by atoms with E-state index in [0.29, 0.717) is 0 Å². The maximum atomic E-state index is 11.3. The lowest BCUT2D eigenvalue weighted by atomic mass is 9.87. The third kappa shape index (κ3) is 1.35. The Labute approximate surface area is 71.7 Å². The van der Waals surface area contributed by atoms with Gasteiger partial charge in [-0.15, -0.1) is 0 Å². The molecule has 0 aromatic carbocycles. The summed E-state index contributed by atoms with van der Waals surface area (Å²) in [6.45, 7) is 3.67. The molecule has 0 radical (unpaired) electrons. The van der Waals surface area contributed by atoms with Gasteiger partial charge in [0.15, 0.2) is 0 Å². The largest absolute Gasteiger partial charge is 0.468 e. The zero-order valence-electron chi connectivity index (χ0n) is 7.55. The van der Waals surface area contributed by atoms with E-state index in [1.807, 2.05) is 19.9 Å². The molecule has 3 nitrogen and oxygen atoms in total. The molecular formula is C9H13NO2. The number of rotatable bonds is 2. The van der Waals surface area contributed by atoms with E-state index < -0.39 is 5.41 Å². The van der Waals surface area contributed by atoms with Crippen LogP contribution in [0.15, 0.2) is 18.5 Å². The number of carbonyl (C=O) groups excluding carboxylic acids is 1. The number of methoxy groups -OCH3 is 1. The first kappa shape index (κ1) is 8.84. The number of hydrogen-bond acceptors (Lipinski definition) is 2. The molecule has 1 rings (SSSR count). The Morgan fingerprint density at radius 3 is 2.67 bits per heavy atom. The number of aromatic nitrogens is 1. The van der Waals surface area contributed by atoms with Gasteiger partial charge in [0.05, 0.1) is 12.5 Å². The minimum absolute atomic E-state index is 0.220. The van der Waals surface area contributed by atoms with Crippen LogP contribution in [0.3, 0.4) is 0 Å². The number of ether oxygens (including phenoxy) is 1. The highest BCUT2D eigenvalue weighted by atomic mass is 16.5. The maximum absolute atomic E-state index is 11.3. The van der Waals surface area contributed by atoms with Crippen LogP contribution in [0.2, 0.25) is 0 Å². The average molecular weight is 167 g/mol. The highest BCUT2D eigenvalue weighted by molar-refractivity contribution is 5.81. The van der Waals surface area contributed by atoms with Gasteiger partial charge in [0.1, 0.15) is 0 Å². The molecule has 0 aliphatic carbocycles. The van der Waals surface area contributed by atoms with Crippen LogP contribution in [-0.2, 0) is 14.9 Å². The Bertz CT molecular complexity index is 262. The lowest BCUT2D eigenvalue weighted by Crippen LogP contribution is -2.29. The van der Waals surface area contributed by atoms with Crippen molar-refractivity contribution in [3.63, 3.8) is 0 Å². The van der Waals surface area contributed by atoms with Gasteiger partial charge >= 0.3 is 5.97 Å². The van der Waals surface area contributed by atoms with Crippen molar-refractivity contribution in [3.05, 3.63) is 24.0 Å². The van der Waals surface area contributed by atoms with Gasteiger partial charge in [0.2, 0.25) is 0 Å². The molecule has 0 amide bonds. The van der Waals surface area contributed by atoms with E-state index in [9.17, 15) is 4.79 Å². The minimum atomic E-state index is -0.561. The standard InChI is InChI=1S/C9H13NO2/c1-9(2,8(11)12-3)7-4-5-10-6-7/h4-6,10H,1-3H3. The number of carbonyl (C=O) groups is 1. The van der Waals surface area contributed by atoms with Crippen molar-refractivity contribution in [1.82, 2.24) is 4.98 Å². The van der Waals surface area contributed by atoms with Gasteiger partial charge in [-0.2, -0.15) is 0 Å². The van der Waals surface area contributed by atoms with Crippen molar-refractivity contribution in [1.29, 1.82) is 0 Å². The van der Waals surface area contributed by atoms with Gasteiger partial charge in [-0.25, -0.2) is 0 Å². The Morgan fingerprint density at radius 1 is 1.58 bits per heavy atom. The Balaban J connectivity index is 2.93.